The van der Waals surface area contributed by atoms with E-state index >= 15 is 0 Å². The van der Waals surface area contributed by atoms with Gasteiger partial charge in [-0.2, -0.15) is 0 Å². The molecule has 0 amide bonds. The number of hydrogen-bond acceptors (Lipinski definition) is 4. The Bertz CT molecular complexity index is 855. The molecule has 4 aromatic carbocycles. The largest absolute Gasteiger partial charge is 0.534 e. The standard InChI is InChI=1S/C24H20P.BH4O4/c1-5-13-21(14-6-1)25(22-15-7-2-8-16-22,23-17-9-3-10-18-23)24-19-11-4-12-20-24;2-1(3,4)5/h1-20H;2-5H/q+1;-1. The van der Waals surface area contributed by atoms with Gasteiger partial charge in [0.1, 0.15) is 28.5 Å². The summed E-state index contributed by atoms with van der Waals surface area (Å²) in [5, 5.41) is 34.6. The third kappa shape index (κ3) is 5.22. The molecule has 0 aliphatic carbocycles. The first-order valence-corrected chi connectivity index (χ1v) is 11.4. The fourth-order valence-electron chi connectivity index (χ4n) is 3.50. The molecule has 0 aliphatic heterocycles. The molecule has 0 bridgehead atoms. The molecule has 0 fully saturated rings. The lowest BCUT2D eigenvalue weighted by molar-refractivity contribution is 0.117. The highest BCUT2D eigenvalue weighted by Crippen LogP contribution is 2.53. The van der Waals surface area contributed by atoms with Gasteiger partial charge in [0.25, 0.3) is 0 Å². The van der Waals surface area contributed by atoms with Crippen LogP contribution in [0.5, 0.6) is 0 Å². The first-order valence-electron chi connectivity index (χ1n) is 9.57. The summed E-state index contributed by atoms with van der Waals surface area (Å²) in [6.07, 6.45) is 0. The fourth-order valence-corrected chi connectivity index (χ4v) is 7.77. The lowest BCUT2D eigenvalue weighted by Crippen LogP contribution is -2.38. The molecule has 0 aliphatic rings. The molecule has 4 aromatic rings. The molecule has 0 radical (unpaired) electrons. The van der Waals surface area contributed by atoms with E-state index in [1.165, 1.54) is 21.2 Å². The minimum absolute atomic E-state index is 1.39. The van der Waals surface area contributed by atoms with Gasteiger partial charge in [-0.05, 0) is 48.5 Å². The van der Waals surface area contributed by atoms with E-state index < -0.39 is 14.2 Å². The number of benzene rings is 4. The van der Waals surface area contributed by atoms with Gasteiger partial charge in [-0.1, -0.05) is 72.8 Å². The molecule has 152 valence electrons. The van der Waals surface area contributed by atoms with E-state index in [2.05, 4.69) is 121 Å². The van der Waals surface area contributed by atoms with Crippen molar-refractivity contribution >= 4 is 35.4 Å². The highest BCUT2D eigenvalue weighted by atomic mass is 31.2. The molecule has 0 aromatic heterocycles. The van der Waals surface area contributed by atoms with Crippen LogP contribution >= 0.6 is 7.26 Å². The van der Waals surface area contributed by atoms with Crippen LogP contribution in [0, 0.1) is 0 Å². The third-order valence-electron chi connectivity index (χ3n) is 4.57. The summed E-state index contributed by atoms with van der Waals surface area (Å²) in [7, 11) is -1.91. The Labute approximate surface area is 177 Å². The molecule has 4 N–H and O–H groups in total. The first-order chi connectivity index (χ1) is 14.4. The van der Waals surface area contributed by atoms with Crippen LogP contribution in [0.1, 0.15) is 0 Å². The van der Waals surface area contributed by atoms with E-state index in [1.807, 2.05) is 0 Å². The van der Waals surface area contributed by atoms with Crippen molar-refractivity contribution < 1.29 is 20.1 Å². The van der Waals surface area contributed by atoms with Gasteiger partial charge in [-0.15, -0.1) is 0 Å². The third-order valence-corrected chi connectivity index (χ3v) is 8.86. The van der Waals surface area contributed by atoms with Gasteiger partial charge in [0.2, 0.25) is 0 Å². The summed E-state index contributed by atoms with van der Waals surface area (Å²) < 4.78 is 0. The molecule has 30 heavy (non-hydrogen) atoms. The molecular weight excluding hydrogens is 394 g/mol. The Morgan fingerprint density at radius 3 is 0.700 bits per heavy atom. The Morgan fingerprint density at radius 2 is 0.533 bits per heavy atom. The van der Waals surface area contributed by atoms with Crippen LogP contribution in [-0.4, -0.2) is 27.1 Å². The average Bonchev–Trinajstić information content (AvgIpc) is 2.76. The van der Waals surface area contributed by atoms with Crippen molar-refractivity contribution in [3.8, 4) is 0 Å². The maximum Gasteiger partial charge on any atom is 0.521 e. The van der Waals surface area contributed by atoms with E-state index in [1.54, 1.807) is 0 Å². The number of rotatable bonds is 4. The van der Waals surface area contributed by atoms with Crippen LogP contribution in [0.3, 0.4) is 0 Å². The van der Waals surface area contributed by atoms with Crippen LogP contribution in [0.4, 0.5) is 0 Å². The van der Waals surface area contributed by atoms with Crippen molar-refractivity contribution in [1.82, 2.24) is 0 Å². The van der Waals surface area contributed by atoms with Crippen molar-refractivity contribution in [2.45, 2.75) is 0 Å². The van der Waals surface area contributed by atoms with Crippen LogP contribution in [-0.2, 0) is 0 Å². The second-order valence-corrected chi connectivity index (χ2v) is 10.1. The molecule has 0 spiro atoms. The normalized spacial score (nSPS) is 11.3. The predicted molar refractivity (Wildman–Crippen MR) is 126 cm³/mol. The molecule has 4 nitrogen and oxygen atoms in total. The first kappa shape index (κ1) is 21.9. The highest BCUT2D eigenvalue weighted by Gasteiger charge is 2.47. The molecule has 0 heterocycles. The zero-order valence-electron chi connectivity index (χ0n) is 16.4. The summed E-state index contributed by atoms with van der Waals surface area (Å²) >= 11 is 0. The maximum atomic E-state index is 7.25. The van der Waals surface area contributed by atoms with E-state index in [0.717, 1.165) is 0 Å². The van der Waals surface area contributed by atoms with E-state index in [0.29, 0.717) is 0 Å². The molecule has 6 heteroatoms. The van der Waals surface area contributed by atoms with Crippen molar-refractivity contribution in [3.05, 3.63) is 121 Å². The molecule has 0 saturated heterocycles. The average molecular weight is 418 g/mol. The van der Waals surface area contributed by atoms with Crippen LogP contribution in [0.2, 0.25) is 0 Å². The van der Waals surface area contributed by atoms with Crippen molar-refractivity contribution in [1.29, 1.82) is 0 Å². The lowest BCUT2D eigenvalue weighted by atomic mass is 10.1. The van der Waals surface area contributed by atoms with Gasteiger partial charge in [-0.3, -0.25) is 0 Å². The predicted octanol–water partition coefficient (Wildman–Crippen LogP) is 1.70. The molecule has 0 saturated carbocycles. The summed E-state index contributed by atoms with van der Waals surface area (Å²) in [6, 6.07) is 43.8. The molecular formula is C24H24BO4P. The smallest absolute Gasteiger partial charge is 0.521 e. The SMILES string of the molecule is O[B-](O)(O)O.c1ccc([P+](c2ccccc2)(c2ccccc2)c2ccccc2)cc1. The van der Waals surface area contributed by atoms with Crippen molar-refractivity contribution in [3.63, 3.8) is 0 Å². The molecule has 0 unspecified atom stereocenters. The van der Waals surface area contributed by atoms with Crippen molar-refractivity contribution in [2.75, 3.05) is 0 Å². The van der Waals surface area contributed by atoms with Gasteiger partial charge in [0, 0.05) is 0 Å². The summed E-state index contributed by atoms with van der Waals surface area (Å²) in [6.45, 7) is -4.00. The topological polar surface area (TPSA) is 80.9 Å². The fraction of sp³-hybridized carbons (Fsp3) is 0. The summed E-state index contributed by atoms with van der Waals surface area (Å²) in [4.78, 5) is 0. The Morgan fingerprint density at radius 1 is 0.367 bits per heavy atom. The zero-order valence-corrected chi connectivity index (χ0v) is 17.3. The van der Waals surface area contributed by atoms with E-state index in [-0.39, 0.29) is 0 Å². The zero-order chi connectivity index (χ0) is 21.5. The highest BCUT2D eigenvalue weighted by molar-refractivity contribution is 8.01. The minimum atomic E-state index is -4.00. The van der Waals surface area contributed by atoms with Gasteiger partial charge in [-0.25, -0.2) is 0 Å². The Kier molecular flexibility index (Phi) is 7.17. The van der Waals surface area contributed by atoms with Gasteiger partial charge in [0.15, 0.2) is 0 Å². The van der Waals surface area contributed by atoms with Crippen LogP contribution in [0.25, 0.3) is 0 Å². The Hall–Kier alpha value is -2.79. The minimum Gasteiger partial charge on any atom is -0.534 e. The molecule has 0 atom stereocenters. The quantitative estimate of drug-likeness (QED) is 0.301. The molecule has 4 rings (SSSR count). The number of hydrogen-bond donors (Lipinski definition) is 4. The van der Waals surface area contributed by atoms with Gasteiger partial charge in [0.05, 0.1) is 0 Å². The monoisotopic (exact) mass is 418 g/mol. The van der Waals surface area contributed by atoms with Crippen molar-refractivity contribution in [2.24, 2.45) is 0 Å². The van der Waals surface area contributed by atoms with Gasteiger partial charge < -0.3 is 20.1 Å². The Balaban J connectivity index is 0.000000461. The lowest BCUT2D eigenvalue weighted by Gasteiger charge is -2.27. The maximum absolute atomic E-state index is 7.25. The van der Waals surface area contributed by atoms with Crippen LogP contribution < -0.4 is 21.2 Å². The van der Waals surface area contributed by atoms with E-state index in [9.17, 15) is 0 Å². The summed E-state index contributed by atoms with van der Waals surface area (Å²) in [5.74, 6) is 0. The van der Waals surface area contributed by atoms with Crippen LogP contribution in [0.15, 0.2) is 121 Å². The second-order valence-electron chi connectivity index (χ2n) is 6.71. The summed E-state index contributed by atoms with van der Waals surface area (Å²) in [5.41, 5.74) is 0. The van der Waals surface area contributed by atoms with E-state index in [4.69, 9.17) is 20.1 Å². The van der Waals surface area contributed by atoms with Gasteiger partial charge >= 0.3 is 6.96 Å². The second kappa shape index (κ2) is 9.81.